The summed E-state index contributed by atoms with van der Waals surface area (Å²) in [7, 11) is 0. The van der Waals surface area contributed by atoms with E-state index in [0.29, 0.717) is 13.0 Å². The van der Waals surface area contributed by atoms with E-state index < -0.39 is 16.4 Å². The van der Waals surface area contributed by atoms with Crippen LogP contribution in [0, 0.1) is 15.9 Å². The Labute approximate surface area is 127 Å². The number of benzene rings is 1. The maximum atomic E-state index is 13.3. The molecule has 1 unspecified atom stereocenters. The SMILES string of the molecule is CC(N)CCNC(=O)COc1ccc([N+](=O)[O-])c(F)c1.Cl. The molecule has 3 N–H and O–H groups in total. The minimum atomic E-state index is -1.01. The van der Waals surface area contributed by atoms with Crippen LogP contribution in [0.3, 0.4) is 0 Å². The molecule has 0 radical (unpaired) electrons. The Morgan fingerprint density at radius 1 is 1.57 bits per heavy atom. The summed E-state index contributed by atoms with van der Waals surface area (Å²) in [5, 5.41) is 13.0. The summed E-state index contributed by atoms with van der Waals surface area (Å²) in [6.07, 6.45) is 0.637. The average molecular weight is 322 g/mol. The van der Waals surface area contributed by atoms with E-state index in [1.54, 1.807) is 0 Å². The maximum Gasteiger partial charge on any atom is 0.305 e. The summed E-state index contributed by atoms with van der Waals surface area (Å²) in [5.74, 6) is -1.33. The number of nitro benzene ring substituents is 1. The number of ether oxygens (including phenoxy) is 1. The van der Waals surface area contributed by atoms with Crippen LogP contribution < -0.4 is 15.8 Å². The van der Waals surface area contributed by atoms with Crippen LogP contribution in [-0.2, 0) is 4.79 Å². The first-order valence-corrected chi connectivity index (χ1v) is 5.99. The Morgan fingerprint density at radius 3 is 2.76 bits per heavy atom. The zero-order valence-electron chi connectivity index (χ0n) is 11.4. The van der Waals surface area contributed by atoms with Gasteiger partial charge in [-0.1, -0.05) is 0 Å². The van der Waals surface area contributed by atoms with E-state index in [1.165, 1.54) is 6.07 Å². The molecule has 0 fully saturated rings. The van der Waals surface area contributed by atoms with Crippen LogP contribution in [0.25, 0.3) is 0 Å². The van der Waals surface area contributed by atoms with E-state index in [0.717, 1.165) is 12.1 Å². The lowest BCUT2D eigenvalue weighted by molar-refractivity contribution is -0.387. The van der Waals surface area contributed by atoms with Crippen molar-refractivity contribution in [3.63, 3.8) is 0 Å². The topological polar surface area (TPSA) is 107 Å². The lowest BCUT2D eigenvalue weighted by atomic mass is 10.2. The number of halogens is 2. The number of nitrogens with one attached hydrogen (secondary N) is 1. The Balaban J connectivity index is 0.00000400. The van der Waals surface area contributed by atoms with Crippen molar-refractivity contribution in [1.82, 2.24) is 5.32 Å². The monoisotopic (exact) mass is 321 g/mol. The second-order valence-electron chi connectivity index (χ2n) is 4.27. The van der Waals surface area contributed by atoms with Crippen LogP contribution in [0.4, 0.5) is 10.1 Å². The molecule has 1 rings (SSSR count). The molecule has 0 spiro atoms. The number of nitrogens with two attached hydrogens (primary N) is 1. The third-order valence-electron chi connectivity index (χ3n) is 2.41. The third kappa shape index (κ3) is 6.87. The van der Waals surface area contributed by atoms with Crippen molar-refractivity contribution >= 4 is 24.0 Å². The lowest BCUT2D eigenvalue weighted by Crippen LogP contribution is -2.32. The fraction of sp³-hybridized carbons (Fsp3) is 0.417. The first-order chi connectivity index (χ1) is 9.40. The molecule has 7 nitrogen and oxygen atoms in total. The summed E-state index contributed by atoms with van der Waals surface area (Å²) >= 11 is 0. The highest BCUT2D eigenvalue weighted by Gasteiger charge is 2.14. The van der Waals surface area contributed by atoms with Gasteiger partial charge in [0.25, 0.3) is 5.91 Å². The van der Waals surface area contributed by atoms with E-state index >= 15 is 0 Å². The van der Waals surface area contributed by atoms with Gasteiger partial charge in [-0.25, -0.2) is 0 Å². The molecule has 0 aliphatic heterocycles. The largest absolute Gasteiger partial charge is 0.484 e. The van der Waals surface area contributed by atoms with Gasteiger partial charge in [-0.15, -0.1) is 12.4 Å². The van der Waals surface area contributed by atoms with Crippen molar-refractivity contribution in [3.8, 4) is 5.75 Å². The molecule has 1 aromatic carbocycles. The fourth-order valence-corrected chi connectivity index (χ4v) is 1.36. The molecule has 9 heteroatoms. The highest BCUT2D eigenvalue weighted by Crippen LogP contribution is 2.22. The highest BCUT2D eigenvalue weighted by molar-refractivity contribution is 5.85. The number of hydrogen-bond donors (Lipinski definition) is 2. The molecule has 1 amide bonds. The van der Waals surface area contributed by atoms with E-state index in [2.05, 4.69) is 5.32 Å². The second-order valence-corrected chi connectivity index (χ2v) is 4.27. The van der Waals surface area contributed by atoms with Gasteiger partial charge in [0.05, 0.1) is 4.92 Å². The number of carbonyl (C=O) groups is 1. The number of rotatable bonds is 7. The van der Waals surface area contributed by atoms with Crippen molar-refractivity contribution in [1.29, 1.82) is 0 Å². The highest BCUT2D eigenvalue weighted by atomic mass is 35.5. The van der Waals surface area contributed by atoms with Crippen molar-refractivity contribution in [2.45, 2.75) is 19.4 Å². The Hall–Kier alpha value is -1.93. The summed E-state index contributed by atoms with van der Waals surface area (Å²) in [6, 6.07) is 3.07. The number of hydrogen-bond acceptors (Lipinski definition) is 5. The lowest BCUT2D eigenvalue weighted by Gasteiger charge is -2.08. The molecular formula is C12H17ClFN3O4. The fourth-order valence-electron chi connectivity index (χ4n) is 1.36. The number of carbonyl (C=O) groups excluding carboxylic acids is 1. The van der Waals surface area contributed by atoms with E-state index in [-0.39, 0.29) is 36.7 Å². The molecule has 21 heavy (non-hydrogen) atoms. The normalized spacial score (nSPS) is 11.2. The van der Waals surface area contributed by atoms with Crippen LogP contribution in [-0.4, -0.2) is 30.0 Å². The summed E-state index contributed by atoms with van der Waals surface area (Å²) < 4.78 is 18.3. The molecule has 0 aliphatic rings. The molecule has 0 bridgehead atoms. The third-order valence-corrected chi connectivity index (χ3v) is 2.41. The maximum absolute atomic E-state index is 13.3. The van der Waals surface area contributed by atoms with Crippen molar-refractivity contribution in [2.75, 3.05) is 13.2 Å². The van der Waals surface area contributed by atoms with E-state index in [9.17, 15) is 19.3 Å². The van der Waals surface area contributed by atoms with Gasteiger partial charge in [0, 0.05) is 24.7 Å². The molecule has 0 heterocycles. The Kier molecular flexibility index (Phi) is 8.25. The second kappa shape index (κ2) is 9.09. The Morgan fingerprint density at radius 2 is 2.24 bits per heavy atom. The molecule has 1 atom stereocenters. The van der Waals surface area contributed by atoms with Gasteiger partial charge >= 0.3 is 5.69 Å². The first-order valence-electron chi connectivity index (χ1n) is 5.99. The van der Waals surface area contributed by atoms with E-state index in [1.807, 2.05) is 6.92 Å². The molecule has 0 saturated heterocycles. The van der Waals surface area contributed by atoms with Crippen molar-refractivity contribution < 1.29 is 18.8 Å². The smallest absolute Gasteiger partial charge is 0.305 e. The van der Waals surface area contributed by atoms with Crippen molar-refractivity contribution in [2.24, 2.45) is 5.73 Å². The molecule has 118 valence electrons. The molecule has 0 aromatic heterocycles. The summed E-state index contributed by atoms with van der Waals surface area (Å²) in [4.78, 5) is 21.0. The summed E-state index contributed by atoms with van der Waals surface area (Å²) in [5.41, 5.74) is 4.88. The van der Waals surface area contributed by atoms with Gasteiger partial charge in [0.2, 0.25) is 5.82 Å². The number of amides is 1. The van der Waals surface area contributed by atoms with Crippen molar-refractivity contribution in [3.05, 3.63) is 34.1 Å². The molecule has 1 aromatic rings. The van der Waals surface area contributed by atoms with Crippen LogP contribution >= 0.6 is 12.4 Å². The van der Waals surface area contributed by atoms with Gasteiger partial charge in [-0.05, 0) is 19.4 Å². The molecular weight excluding hydrogens is 305 g/mol. The molecule has 0 aliphatic carbocycles. The first kappa shape index (κ1) is 19.1. The number of nitrogens with zero attached hydrogens (tertiary/aromatic N) is 1. The van der Waals surface area contributed by atoms with Gasteiger partial charge < -0.3 is 15.8 Å². The minimum absolute atomic E-state index is 0. The van der Waals surface area contributed by atoms with Crippen LogP contribution in [0.2, 0.25) is 0 Å². The average Bonchev–Trinajstić information content (AvgIpc) is 2.35. The predicted octanol–water partition coefficient (Wildman–Crippen LogP) is 1.39. The van der Waals surface area contributed by atoms with Gasteiger partial charge in [0.1, 0.15) is 5.75 Å². The molecule has 0 saturated carbocycles. The van der Waals surface area contributed by atoms with Crippen LogP contribution in [0.5, 0.6) is 5.75 Å². The zero-order valence-corrected chi connectivity index (χ0v) is 12.2. The van der Waals surface area contributed by atoms with Gasteiger partial charge in [-0.3, -0.25) is 14.9 Å². The number of nitro groups is 1. The predicted molar refractivity (Wildman–Crippen MR) is 77.1 cm³/mol. The quantitative estimate of drug-likeness (QED) is 0.583. The van der Waals surface area contributed by atoms with Crippen LogP contribution in [0.1, 0.15) is 13.3 Å². The van der Waals surface area contributed by atoms with Gasteiger partial charge in [0.15, 0.2) is 6.61 Å². The zero-order chi connectivity index (χ0) is 15.1. The van der Waals surface area contributed by atoms with E-state index in [4.69, 9.17) is 10.5 Å². The van der Waals surface area contributed by atoms with Gasteiger partial charge in [-0.2, -0.15) is 4.39 Å². The van der Waals surface area contributed by atoms with Crippen LogP contribution in [0.15, 0.2) is 18.2 Å². The summed E-state index contributed by atoms with van der Waals surface area (Å²) in [6.45, 7) is 1.95. The Bertz CT molecular complexity index is 499. The standard InChI is InChI=1S/C12H16FN3O4.ClH/c1-8(14)4-5-15-12(17)7-20-9-2-3-11(16(18)19)10(13)6-9;/h2-3,6,8H,4-5,7,14H2,1H3,(H,15,17);1H. The minimum Gasteiger partial charge on any atom is -0.484 e.